The van der Waals surface area contributed by atoms with Gasteiger partial charge in [-0.2, -0.15) is 0 Å². The SMILES string of the molecule is CCC(C)C(=O)OCC(=O)OC(C)(C)C. The molecule has 88 valence electrons. The van der Waals surface area contributed by atoms with E-state index in [4.69, 9.17) is 9.47 Å². The van der Waals surface area contributed by atoms with Gasteiger partial charge in [-0.1, -0.05) is 13.8 Å². The molecule has 1 atom stereocenters. The second-order valence-corrected chi connectivity index (χ2v) is 4.50. The third-order valence-electron chi connectivity index (χ3n) is 1.77. The molecule has 0 heterocycles. The molecular weight excluding hydrogens is 196 g/mol. The highest BCUT2D eigenvalue weighted by Gasteiger charge is 2.19. The molecule has 1 unspecified atom stereocenters. The van der Waals surface area contributed by atoms with Crippen LogP contribution in [0, 0.1) is 5.92 Å². The topological polar surface area (TPSA) is 52.6 Å². The lowest BCUT2D eigenvalue weighted by molar-refractivity contribution is -0.168. The summed E-state index contributed by atoms with van der Waals surface area (Å²) in [5, 5.41) is 0. The summed E-state index contributed by atoms with van der Waals surface area (Å²) in [5.41, 5.74) is -0.542. The summed E-state index contributed by atoms with van der Waals surface area (Å²) in [5.74, 6) is -1.05. The molecule has 0 saturated carbocycles. The summed E-state index contributed by atoms with van der Waals surface area (Å²) < 4.78 is 9.77. The molecule has 0 aromatic heterocycles. The Bertz CT molecular complexity index is 227. The number of rotatable bonds is 4. The fourth-order valence-electron chi connectivity index (χ4n) is 0.810. The molecule has 0 fully saturated rings. The summed E-state index contributed by atoms with van der Waals surface area (Å²) in [7, 11) is 0. The number of ether oxygens (including phenoxy) is 2. The van der Waals surface area contributed by atoms with Crippen LogP contribution in [0.1, 0.15) is 41.0 Å². The van der Waals surface area contributed by atoms with Crippen LogP contribution in [-0.4, -0.2) is 24.1 Å². The lowest BCUT2D eigenvalue weighted by Gasteiger charge is -2.19. The minimum absolute atomic E-state index is 0.174. The third kappa shape index (κ3) is 6.94. The van der Waals surface area contributed by atoms with Crippen molar-refractivity contribution >= 4 is 11.9 Å². The fraction of sp³-hybridized carbons (Fsp3) is 0.818. The van der Waals surface area contributed by atoms with Gasteiger partial charge in [0.1, 0.15) is 5.60 Å². The van der Waals surface area contributed by atoms with Crippen LogP contribution in [-0.2, 0) is 19.1 Å². The Hall–Kier alpha value is -1.06. The Balaban J connectivity index is 3.87. The van der Waals surface area contributed by atoms with Crippen molar-refractivity contribution in [2.75, 3.05) is 6.61 Å². The van der Waals surface area contributed by atoms with Crippen LogP contribution in [0.15, 0.2) is 0 Å². The van der Waals surface area contributed by atoms with E-state index in [1.807, 2.05) is 6.92 Å². The maximum atomic E-state index is 11.2. The smallest absolute Gasteiger partial charge is 0.344 e. The molecule has 0 aliphatic heterocycles. The lowest BCUT2D eigenvalue weighted by Crippen LogP contribution is -2.28. The summed E-state index contributed by atoms with van der Waals surface area (Å²) in [4.78, 5) is 22.4. The molecule has 0 aromatic carbocycles. The summed E-state index contributed by atoms with van der Waals surface area (Å²) in [6.07, 6.45) is 0.702. The molecule has 4 heteroatoms. The normalized spacial score (nSPS) is 13.1. The van der Waals surface area contributed by atoms with E-state index in [1.165, 1.54) is 0 Å². The van der Waals surface area contributed by atoms with Gasteiger partial charge in [0.2, 0.25) is 0 Å². The average Bonchev–Trinajstić information content (AvgIpc) is 2.10. The van der Waals surface area contributed by atoms with Crippen LogP contribution in [0.3, 0.4) is 0 Å². The number of hydrogen-bond donors (Lipinski definition) is 0. The van der Waals surface area contributed by atoms with Gasteiger partial charge < -0.3 is 9.47 Å². The van der Waals surface area contributed by atoms with E-state index in [9.17, 15) is 9.59 Å². The van der Waals surface area contributed by atoms with Gasteiger partial charge >= 0.3 is 11.9 Å². The quantitative estimate of drug-likeness (QED) is 0.674. The van der Waals surface area contributed by atoms with Crippen molar-refractivity contribution in [2.24, 2.45) is 5.92 Å². The molecule has 0 radical (unpaired) electrons. The monoisotopic (exact) mass is 216 g/mol. The first-order chi connectivity index (χ1) is 6.76. The molecule has 15 heavy (non-hydrogen) atoms. The molecule has 0 spiro atoms. The zero-order valence-electron chi connectivity index (χ0n) is 10.1. The summed E-state index contributed by atoms with van der Waals surface area (Å²) in [6.45, 7) is 8.64. The van der Waals surface area contributed by atoms with Crippen LogP contribution in [0.5, 0.6) is 0 Å². The molecule has 0 aromatic rings. The first kappa shape index (κ1) is 13.9. The van der Waals surface area contributed by atoms with Crippen molar-refractivity contribution in [2.45, 2.75) is 46.6 Å². The van der Waals surface area contributed by atoms with Crippen molar-refractivity contribution in [3.63, 3.8) is 0 Å². The predicted octanol–water partition coefficient (Wildman–Crippen LogP) is 1.92. The molecule has 0 N–H and O–H groups in total. The number of carbonyl (C=O) groups excluding carboxylic acids is 2. The van der Waals surface area contributed by atoms with Crippen molar-refractivity contribution < 1.29 is 19.1 Å². The minimum atomic E-state index is -0.542. The molecule has 0 aliphatic carbocycles. The van der Waals surface area contributed by atoms with Gasteiger partial charge in [-0.05, 0) is 27.2 Å². The molecule has 0 bridgehead atoms. The first-order valence-electron chi connectivity index (χ1n) is 5.14. The van der Waals surface area contributed by atoms with Gasteiger partial charge in [0.25, 0.3) is 0 Å². The van der Waals surface area contributed by atoms with Crippen LogP contribution in [0.25, 0.3) is 0 Å². The van der Waals surface area contributed by atoms with Crippen LogP contribution in [0.2, 0.25) is 0 Å². The average molecular weight is 216 g/mol. The Morgan fingerprint density at radius 1 is 1.27 bits per heavy atom. The van der Waals surface area contributed by atoms with Crippen molar-refractivity contribution in [1.82, 2.24) is 0 Å². The van der Waals surface area contributed by atoms with Crippen LogP contribution < -0.4 is 0 Å². The highest BCUT2D eigenvalue weighted by molar-refractivity contribution is 5.77. The Kier molecular flexibility index (Phi) is 5.33. The second-order valence-electron chi connectivity index (χ2n) is 4.50. The van der Waals surface area contributed by atoms with Gasteiger partial charge in [-0.3, -0.25) is 4.79 Å². The largest absolute Gasteiger partial charge is 0.457 e. The predicted molar refractivity (Wildman–Crippen MR) is 56.3 cm³/mol. The number of esters is 2. The maximum Gasteiger partial charge on any atom is 0.344 e. The molecule has 0 saturated heterocycles. The molecule has 0 rings (SSSR count). The van der Waals surface area contributed by atoms with E-state index in [-0.39, 0.29) is 18.5 Å². The zero-order chi connectivity index (χ0) is 12.1. The molecule has 0 aliphatic rings. The van der Waals surface area contributed by atoms with E-state index in [2.05, 4.69) is 0 Å². The van der Waals surface area contributed by atoms with Crippen LogP contribution >= 0.6 is 0 Å². The van der Waals surface area contributed by atoms with E-state index in [0.717, 1.165) is 0 Å². The van der Waals surface area contributed by atoms with Crippen LogP contribution in [0.4, 0.5) is 0 Å². The van der Waals surface area contributed by atoms with Gasteiger partial charge in [0.15, 0.2) is 6.61 Å². The van der Waals surface area contributed by atoms with Gasteiger partial charge in [0, 0.05) is 0 Å². The molecule has 0 amide bonds. The molecule has 4 nitrogen and oxygen atoms in total. The second kappa shape index (κ2) is 5.73. The lowest BCUT2D eigenvalue weighted by atomic mass is 10.1. The molecular formula is C11H20O4. The van der Waals surface area contributed by atoms with E-state index in [1.54, 1.807) is 27.7 Å². The van der Waals surface area contributed by atoms with Gasteiger partial charge in [-0.15, -0.1) is 0 Å². The first-order valence-corrected chi connectivity index (χ1v) is 5.14. The Morgan fingerprint density at radius 2 is 1.80 bits per heavy atom. The third-order valence-corrected chi connectivity index (χ3v) is 1.77. The number of hydrogen-bond acceptors (Lipinski definition) is 4. The van der Waals surface area contributed by atoms with E-state index >= 15 is 0 Å². The highest BCUT2D eigenvalue weighted by atomic mass is 16.6. The Labute approximate surface area is 90.9 Å². The van der Waals surface area contributed by atoms with E-state index in [0.29, 0.717) is 6.42 Å². The number of carbonyl (C=O) groups is 2. The zero-order valence-corrected chi connectivity index (χ0v) is 10.1. The summed E-state index contributed by atoms with van der Waals surface area (Å²) in [6, 6.07) is 0. The standard InChI is InChI=1S/C11H20O4/c1-6-8(2)10(13)14-7-9(12)15-11(3,4)5/h8H,6-7H2,1-5H3. The van der Waals surface area contributed by atoms with Gasteiger partial charge in [-0.25, -0.2) is 4.79 Å². The van der Waals surface area contributed by atoms with Crippen molar-refractivity contribution in [3.8, 4) is 0 Å². The maximum absolute atomic E-state index is 11.2. The summed E-state index contributed by atoms with van der Waals surface area (Å²) >= 11 is 0. The minimum Gasteiger partial charge on any atom is -0.457 e. The van der Waals surface area contributed by atoms with E-state index < -0.39 is 11.6 Å². The van der Waals surface area contributed by atoms with Crippen molar-refractivity contribution in [3.05, 3.63) is 0 Å². The van der Waals surface area contributed by atoms with Gasteiger partial charge in [0.05, 0.1) is 5.92 Å². The highest BCUT2D eigenvalue weighted by Crippen LogP contribution is 2.08. The van der Waals surface area contributed by atoms with Crippen molar-refractivity contribution in [1.29, 1.82) is 0 Å². The fourth-order valence-corrected chi connectivity index (χ4v) is 0.810. The Morgan fingerprint density at radius 3 is 2.20 bits per heavy atom.